The Kier molecular flexibility index (Phi) is 7.97. The number of aryl methyl sites for hydroxylation is 1. The van der Waals surface area contributed by atoms with E-state index in [1.165, 1.54) is 23.9 Å². The van der Waals surface area contributed by atoms with Gasteiger partial charge in [0.05, 0.1) is 18.3 Å². The van der Waals surface area contributed by atoms with Crippen LogP contribution in [0.2, 0.25) is 0 Å². The summed E-state index contributed by atoms with van der Waals surface area (Å²) in [4.78, 5) is 37.6. The maximum atomic E-state index is 14.6. The fraction of sp³-hybridized carbons (Fsp3) is 0.400. The number of likely N-dealkylation sites (N-methyl/N-ethyl adjacent to an activating group) is 1. The summed E-state index contributed by atoms with van der Waals surface area (Å²) in [6, 6.07) is 7.13. The van der Waals surface area contributed by atoms with E-state index in [1.54, 1.807) is 38.3 Å². The molecule has 1 saturated heterocycles. The van der Waals surface area contributed by atoms with Crippen LogP contribution in [-0.4, -0.2) is 77.0 Å². The number of hydrogen-bond donors (Lipinski definition) is 2. The fourth-order valence-corrected chi connectivity index (χ4v) is 5.06. The van der Waals surface area contributed by atoms with E-state index in [9.17, 15) is 14.0 Å². The number of amides is 2. The number of carbonyl (C=O) groups excluding carboxylic acids is 2. The molecule has 3 aromatic rings. The Morgan fingerprint density at radius 2 is 1.93 bits per heavy atom. The molecule has 2 fully saturated rings. The molecule has 2 aliphatic rings. The summed E-state index contributed by atoms with van der Waals surface area (Å²) in [6.07, 6.45) is 10.6. The molecule has 0 unspecified atom stereocenters. The van der Waals surface area contributed by atoms with Gasteiger partial charge in [-0.05, 0) is 86.5 Å². The van der Waals surface area contributed by atoms with Crippen LogP contribution in [0.4, 0.5) is 10.2 Å². The first-order valence-corrected chi connectivity index (χ1v) is 13.7. The Morgan fingerprint density at radius 3 is 2.60 bits per heavy atom. The minimum atomic E-state index is -0.558. The minimum absolute atomic E-state index is 0.00294. The van der Waals surface area contributed by atoms with E-state index in [-0.39, 0.29) is 17.5 Å². The molecular weight excluding hydrogens is 509 g/mol. The third kappa shape index (κ3) is 6.07. The minimum Gasteiger partial charge on any atom is -0.404 e. The van der Waals surface area contributed by atoms with Crippen LogP contribution in [0.5, 0.6) is 0 Å². The predicted molar refractivity (Wildman–Crippen MR) is 154 cm³/mol. The third-order valence-corrected chi connectivity index (χ3v) is 7.72. The van der Waals surface area contributed by atoms with Gasteiger partial charge in [0.1, 0.15) is 11.5 Å². The number of benzene rings is 1. The quantitative estimate of drug-likeness (QED) is 0.420. The Bertz CT molecular complexity index is 1480. The number of pyridine rings is 1. The summed E-state index contributed by atoms with van der Waals surface area (Å²) < 4.78 is 16.6. The number of hydrogen-bond acceptors (Lipinski definition) is 6. The molecule has 40 heavy (non-hydrogen) atoms. The van der Waals surface area contributed by atoms with Crippen molar-refractivity contribution in [3.8, 4) is 0 Å². The van der Waals surface area contributed by atoms with Crippen molar-refractivity contribution in [3.63, 3.8) is 0 Å². The van der Waals surface area contributed by atoms with Crippen molar-refractivity contribution in [2.24, 2.45) is 10.7 Å². The van der Waals surface area contributed by atoms with Crippen LogP contribution in [0.3, 0.4) is 0 Å². The first-order chi connectivity index (χ1) is 19.2. The number of piperidine rings is 1. The van der Waals surface area contributed by atoms with E-state index in [1.807, 2.05) is 10.5 Å². The number of aliphatic imine (C=N–C) groups is 1. The maximum Gasteiger partial charge on any atom is 0.254 e. The average Bonchev–Trinajstić information content (AvgIpc) is 3.66. The van der Waals surface area contributed by atoms with Crippen molar-refractivity contribution in [2.45, 2.75) is 44.6 Å². The van der Waals surface area contributed by atoms with Gasteiger partial charge in [-0.25, -0.2) is 14.4 Å². The van der Waals surface area contributed by atoms with Crippen LogP contribution >= 0.6 is 0 Å². The highest BCUT2D eigenvalue weighted by molar-refractivity contribution is 6.11. The summed E-state index contributed by atoms with van der Waals surface area (Å²) in [7, 11) is 3.57. The summed E-state index contributed by atoms with van der Waals surface area (Å²) in [5, 5.41) is 2.84. The van der Waals surface area contributed by atoms with Gasteiger partial charge in [0.25, 0.3) is 5.91 Å². The molecule has 210 valence electrons. The molecule has 9 nitrogen and oxygen atoms in total. The van der Waals surface area contributed by atoms with Crippen molar-refractivity contribution in [2.75, 3.05) is 33.7 Å². The predicted octanol–water partition coefficient (Wildman–Crippen LogP) is 3.64. The zero-order valence-electron chi connectivity index (χ0n) is 23.2. The number of imidazole rings is 1. The summed E-state index contributed by atoms with van der Waals surface area (Å²) in [5.41, 5.74) is 9.81. The molecule has 0 radical (unpaired) electrons. The highest BCUT2D eigenvalue weighted by Crippen LogP contribution is 2.30. The molecule has 0 bridgehead atoms. The van der Waals surface area contributed by atoms with Gasteiger partial charge < -0.3 is 16.0 Å². The van der Waals surface area contributed by atoms with Crippen LogP contribution in [0.25, 0.3) is 11.2 Å². The molecule has 10 heteroatoms. The monoisotopic (exact) mass is 545 g/mol. The average molecular weight is 546 g/mol. The van der Waals surface area contributed by atoms with Crippen LogP contribution in [0.1, 0.15) is 58.6 Å². The highest BCUT2D eigenvalue weighted by atomic mass is 19.1. The standard InChI is InChI=1S/C30H36FN7O2/c1-19-12-26(31)25(30(40)35-23-5-6-23)13-24(19)22(14-32)15-33-28-16-34-27-7-4-21(17-38(27)28)20-8-10-37(11-9-20)18-29(39)36(2)3/h4,7,12-17,20,23H,5-6,8-11,18,32H2,1-3H3,(H,35,40). The first-order valence-electron chi connectivity index (χ1n) is 13.7. The fourth-order valence-electron chi connectivity index (χ4n) is 5.06. The maximum absolute atomic E-state index is 14.6. The second-order valence-electron chi connectivity index (χ2n) is 10.9. The molecule has 0 atom stereocenters. The molecule has 5 rings (SSSR count). The smallest absolute Gasteiger partial charge is 0.254 e. The van der Waals surface area contributed by atoms with Crippen molar-refractivity contribution in [1.82, 2.24) is 24.5 Å². The van der Waals surface area contributed by atoms with Crippen molar-refractivity contribution < 1.29 is 14.0 Å². The van der Waals surface area contributed by atoms with Crippen LogP contribution in [0, 0.1) is 12.7 Å². The van der Waals surface area contributed by atoms with Crippen LogP contribution in [-0.2, 0) is 4.79 Å². The van der Waals surface area contributed by atoms with Gasteiger partial charge in [0.2, 0.25) is 5.91 Å². The lowest BCUT2D eigenvalue weighted by Crippen LogP contribution is -2.40. The molecule has 3 N–H and O–H groups in total. The molecule has 3 heterocycles. The van der Waals surface area contributed by atoms with Gasteiger partial charge in [0, 0.05) is 44.3 Å². The lowest BCUT2D eigenvalue weighted by molar-refractivity contribution is -0.130. The highest BCUT2D eigenvalue weighted by Gasteiger charge is 2.26. The number of nitrogens with two attached hydrogens (primary N) is 1. The van der Waals surface area contributed by atoms with E-state index in [2.05, 4.69) is 32.5 Å². The molecule has 1 aromatic carbocycles. The second-order valence-corrected chi connectivity index (χ2v) is 10.9. The molecule has 1 saturated carbocycles. The van der Waals surface area contributed by atoms with Gasteiger partial charge in [-0.15, -0.1) is 0 Å². The number of allylic oxidation sites excluding steroid dienone is 1. The molecule has 0 spiro atoms. The number of halogens is 1. The van der Waals surface area contributed by atoms with E-state index in [0.29, 0.717) is 35.0 Å². The van der Waals surface area contributed by atoms with Gasteiger partial charge in [0.15, 0.2) is 5.82 Å². The number of aromatic nitrogens is 2. The zero-order chi connectivity index (χ0) is 28.4. The number of carbonyl (C=O) groups is 2. The van der Waals surface area contributed by atoms with E-state index in [4.69, 9.17) is 5.73 Å². The first kappa shape index (κ1) is 27.5. The Morgan fingerprint density at radius 1 is 1.18 bits per heavy atom. The largest absolute Gasteiger partial charge is 0.404 e. The second kappa shape index (κ2) is 11.6. The lowest BCUT2D eigenvalue weighted by Gasteiger charge is -2.32. The summed E-state index contributed by atoms with van der Waals surface area (Å²) >= 11 is 0. The molecule has 2 amide bonds. The molecule has 2 aromatic heterocycles. The number of fused-ring (bicyclic) bond motifs is 1. The molecular formula is C30H36FN7O2. The molecule has 1 aliphatic carbocycles. The molecule has 1 aliphatic heterocycles. The third-order valence-electron chi connectivity index (χ3n) is 7.72. The van der Waals surface area contributed by atoms with Crippen molar-refractivity contribution in [1.29, 1.82) is 0 Å². The topological polar surface area (TPSA) is 108 Å². The van der Waals surface area contributed by atoms with Crippen molar-refractivity contribution in [3.05, 3.63) is 70.9 Å². The normalized spacial score (nSPS) is 17.1. The van der Waals surface area contributed by atoms with Gasteiger partial charge in [-0.2, -0.15) is 0 Å². The number of nitrogens with one attached hydrogen (secondary N) is 1. The van der Waals surface area contributed by atoms with E-state index < -0.39 is 11.7 Å². The number of rotatable bonds is 8. The summed E-state index contributed by atoms with van der Waals surface area (Å²) in [6.45, 7) is 3.98. The summed E-state index contributed by atoms with van der Waals surface area (Å²) in [5.74, 6) is 0.170. The Labute approximate surface area is 233 Å². The van der Waals surface area contributed by atoms with Gasteiger partial charge in [-0.1, -0.05) is 6.07 Å². The lowest BCUT2D eigenvalue weighted by atomic mass is 9.90. The van der Waals surface area contributed by atoms with Crippen molar-refractivity contribution >= 4 is 35.1 Å². The van der Waals surface area contributed by atoms with Crippen LogP contribution < -0.4 is 11.1 Å². The number of nitrogens with zero attached hydrogens (tertiary/aromatic N) is 5. The Hall–Kier alpha value is -4.05. The van der Waals surface area contributed by atoms with E-state index >= 15 is 0 Å². The number of likely N-dealkylation sites (tertiary alicyclic amines) is 1. The van der Waals surface area contributed by atoms with Gasteiger partial charge >= 0.3 is 0 Å². The zero-order valence-corrected chi connectivity index (χ0v) is 23.2. The SMILES string of the molecule is Cc1cc(F)c(C(=O)NC2CC2)cc1C(C=Nc1cnc2ccc(C3CCN(CC(=O)N(C)C)CC3)cn12)=CN. The van der Waals surface area contributed by atoms with Crippen LogP contribution in [0.15, 0.2) is 47.9 Å². The van der Waals surface area contributed by atoms with E-state index in [0.717, 1.165) is 44.4 Å². The van der Waals surface area contributed by atoms with Gasteiger partial charge in [-0.3, -0.25) is 18.9 Å². The Balaban J connectivity index is 1.33.